The van der Waals surface area contributed by atoms with E-state index in [4.69, 9.17) is 0 Å². The van der Waals surface area contributed by atoms with E-state index in [1.165, 1.54) is 16.7 Å². The van der Waals surface area contributed by atoms with Crippen molar-refractivity contribution < 1.29 is 9.59 Å². The third kappa shape index (κ3) is 6.29. The molecule has 0 aliphatic carbocycles. The van der Waals surface area contributed by atoms with E-state index in [9.17, 15) is 9.59 Å². The number of amides is 2. The fraction of sp³-hybridized carbons (Fsp3) is 0.444. The lowest BCUT2D eigenvalue weighted by Crippen LogP contribution is -2.52. The first-order valence-corrected chi connectivity index (χ1v) is 11.9. The largest absolute Gasteiger partial charge is 0.342 e. The Bertz CT molecular complexity index is 968. The molecule has 6 nitrogen and oxygen atoms in total. The molecule has 174 valence electrons. The molecule has 6 heteroatoms. The Morgan fingerprint density at radius 3 is 2.30 bits per heavy atom. The zero-order valence-corrected chi connectivity index (χ0v) is 19.7. The number of nitrogens with zero attached hydrogens (tertiary/aromatic N) is 4. The van der Waals surface area contributed by atoms with E-state index in [1.807, 2.05) is 9.80 Å². The van der Waals surface area contributed by atoms with Crippen LogP contribution < -0.4 is 0 Å². The molecule has 0 atom stereocenters. The van der Waals surface area contributed by atoms with E-state index in [2.05, 4.69) is 54.1 Å². The monoisotopic (exact) mass is 446 g/mol. The summed E-state index contributed by atoms with van der Waals surface area (Å²) in [6.07, 6.45) is 9.85. The molecule has 0 saturated carbocycles. The second-order valence-corrected chi connectivity index (χ2v) is 9.31. The normalized spacial score (nSPS) is 18.1. The van der Waals surface area contributed by atoms with Gasteiger partial charge in [-0.25, -0.2) is 0 Å². The van der Waals surface area contributed by atoms with Gasteiger partial charge in [0.05, 0.1) is 12.1 Å². The van der Waals surface area contributed by atoms with Gasteiger partial charge in [0.2, 0.25) is 5.91 Å². The van der Waals surface area contributed by atoms with Crippen molar-refractivity contribution in [1.29, 1.82) is 0 Å². The summed E-state index contributed by atoms with van der Waals surface area (Å²) in [6, 6.07) is 10.2. The third-order valence-corrected chi connectivity index (χ3v) is 6.62. The van der Waals surface area contributed by atoms with Crippen LogP contribution >= 0.6 is 0 Å². The lowest BCUT2D eigenvalue weighted by atomic mass is 9.95. The molecule has 4 rings (SSSR count). The van der Waals surface area contributed by atoms with Gasteiger partial charge in [0.15, 0.2) is 0 Å². The minimum atomic E-state index is 0.0185. The minimum absolute atomic E-state index is 0.0185. The SMILES string of the molecule is Cc1cc(C)cc(/C=C/C2CCN(C(=O)CN3CCN(C(=O)c4cccnc4)CC3)CC2)c1. The van der Waals surface area contributed by atoms with Gasteiger partial charge in [-0.3, -0.25) is 19.5 Å². The lowest BCUT2D eigenvalue weighted by molar-refractivity contribution is -0.133. The molecule has 0 N–H and O–H groups in total. The van der Waals surface area contributed by atoms with Gasteiger partial charge in [-0.05, 0) is 50.3 Å². The highest BCUT2D eigenvalue weighted by Crippen LogP contribution is 2.21. The first-order valence-electron chi connectivity index (χ1n) is 11.9. The average molecular weight is 447 g/mol. The Balaban J connectivity index is 1.20. The minimum Gasteiger partial charge on any atom is -0.342 e. The van der Waals surface area contributed by atoms with Gasteiger partial charge in [0, 0.05) is 51.7 Å². The van der Waals surface area contributed by atoms with Crippen molar-refractivity contribution in [3.05, 3.63) is 71.1 Å². The molecule has 0 radical (unpaired) electrons. The number of benzene rings is 1. The van der Waals surface area contributed by atoms with Gasteiger partial charge in [-0.15, -0.1) is 0 Å². The third-order valence-electron chi connectivity index (χ3n) is 6.62. The summed E-state index contributed by atoms with van der Waals surface area (Å²) in [7, 11) is 0. The van der Waals surface area contributed by atoms with Gasteiger partial charge < -0.3 is 9.80 Å². The predicted molar refractivity (Wildman–Crippen MR) is 131 cm³/mol. The molecule has 2 saturated heterocycles. The molecule has 2 amide bonds. The van der Waals surface area contributed by atoms with Crippen LogP contribution in [0.25, 0.3) is 6.08 Å². The van der Waals surface area contributed by atoms with E-state index in [-0.39, 0.29) is 11.8 Å². The number of carbonyl (C=O) groups is 2. The summed E-state index contributed by atoms with van der Waals surface area (Å²) in [4.78, 5) is 35.5. The summed E-state index contributed by atoms with van der Waals surface area (Å²) < 4.78 is 0. The average Bonchev–Trinajstić information content (AvgIpc) is 2.83. The first-order chi connectivity index (χ1) is 16.0. The van der Waals surface area contributed by atoms with Crippen LogP contribution in [0.5, 0.6) is 0 Å². The Kier molecular flexibility index (Phi) is 7.55. The number of carbonyl (C=O) groups excluding carboxylic acids is 2. The van der Waals surface area contributed by atoms with Gasteiger partial charge in [0.1, 0.15) is 0 Å². The molecule has 2 aliphatic heterocycles. The smallest absolute Gasteiger partial charge is 0.255 e. The van der Waals surface area contributed by atoms with E-state index in [1.54, 1.807) is 24.5 Å². The van der Waals surface area contributed by atoms with Crippen molar-refractivity contribution in [3.63, 3.8) is 0 Å². The lowest BCUT2D eigenvalue weighted by Gasteiger charge is -2.36. The van der Waals surface area contributed by atoms with Gasteiger partial charge in [0.25, 0.3) is 5.91 Å². The molecular weight excluding hydrogens is 412 g/mol. The van der Waals surface area contributed by atoms with Crippen molar-refractivity contribution in [2.24, 2.45) is 5.92 Å². The van der Waals surface area contributed by atoms with Crippen LogP contribution in [0.15, 0.2) is 48.8 Å². The van der Waals surface area contributed by atoms with Crippen molar-refractivity contribution in [2.45, 2.75) is 26.7 Å². The Labute approximate surface area is 196 Å². The van der Waals surface area contributed by atoms with Crippen molar-refractivity contribution in [1.82, 2.24) is 19.7 Å². The number of piperidine rings is 1. The second-order valence-electron chi connectivity index (χ2n) is 9.31. The standard InChI is InChI=1S/C27H34N4O2/c1-21-16-22(2)18-24(17-21)6-5-23-7-10-30(11-8-23)26(32)20-29-12-14-31(15-13-29)27(33)25-4-3-9-28-19-25/h3-6,9,16-19,23H,7-8,10-15,20H2,1-2H3/b6-5+. The number of pyridine rings is 1. The summed E-state index contributed by atoms with van der Waals surface area (Å²) in [5.74, 6) is 0.751. The van der Waals surface area contributed by atoms with E-state index in [0.29, 0.717) is 31.1 Å². The van der Waals surface area contributed by atoms with Crippen molar-refractivity contribution in [2.75, 3.05) is 45.8 Å². The van der Waals surface area contributed by atoms with Crippen molar-refractivity contribution >= 4 is 17.9 Å². The van der Waals surface area contributed by atoms with Gasteiger partial charge >= 0.3 is 0 Å². The number of hydrogen-bond acceptors (Lipinski definition) is 4. The summed E-state index contributed by atoms with van der Waals surface area (Å²) in [5, 5.41) is 0. The number of aromatic nitrogens is 1. The molecule has 1 aromatic carbocycles. The highest BCUT2D eigenvalue weighted by molar-refractivity contribution is 5.94. The first kappa shape index (κ1) is 23.2. The maximum absolute atomic E-state index is 12.8. The van der Waals surface area contributed by atoms with Gasteiger partial charge in [-0.2, -0.15) is 0 Å². The molecule has 2 aliphatic rings. The van der Waals surface area contributed by atoms with Crippen LogP contribution in [-0.2, 0) is 4.79 Å². The van der Waals surface area contributed by atoms with E-state index < -0.39 is 0 Å². The maximum Gasteiger partial charge on any atom is 0.255 e. The number of allylic oxidation sites excluding steroid dienone is 1. The molecule has 3 heterocycles. The Morgan fingerprint density at radius 1 is 0.970 bits per heavy atom. The summed E-state index contributed by atoms with van der Waals surface area (Å²) in [5.41, 5.74) is 4.46. The highest BCUT2D eigenvalue weighted by Gasteiger charge is 2.26. The van der Waals surface area contributed by atoms with Gasteiger partial charge in [-0.1, -0.05) is 41.5 Å². The topological polar surface area (TPSA) is 56.8 Å². The van der Waals surface area contributed by atoms with Crippen LogP contribution in [0.3, 0.4) is 0 Å². The van der Waals surface area contributed by atoms with E-state index in [0.717, 1.165) is 39.0 Å². The van der Waals surface area contributed by atoms with Crippen LogP contribution in [0, 0.1) is 19.8 Å². The van der Waals surface area contributed by atoms with E-state index >= 15 is 0 Å². The Hall–Kier alpha value is -2.99. The molecular formula is C27H34N4O2. The zero-order valence-electron chi connectivity index (χ0n) is 19.7. The number of likely N-dealkylation sites (tertiary alicyclic amines) is 1. The zero-order chi connectivity index (χ0) is 23.2. The fourth-order valence-corrected chi connectivity index (χ4v) is 4.77. The summed E-state index contributed by atoms with van der Waals surface area (Å²) >= 11 is 0. The quantitative estimate of drug-likeness (QED) is 0.706. The molecule has 2 aromatic rings. The second kappa shape index (κ2) is 10.8. The highest BCUT2D eigenvalue weighted by atomic mass is 16.2. The van der Waals surface area contributed by atoms with Crippen molar-refractivity contribution in [3.8, 4) is 0 Å². The molecule has 0 unspecified atom stereocenters. The van der Waals surface area contributed by atoms with Crippen LogP contribution in [0.4, 0.5) is 0 Å². The fourth-order valence-electron chi connectivity index (χ4n) is 4.77. The Morgan fingerprint density at radius 2 is 1.67 bits per heavy atom. The molecule has 33 heavy (non-hydrogen) atoms. The molecule has 0 bridgehead atoms. The maximum atomic E-state index is 12.8. The number of hydrogen-bond donors (Lipinski definition) is 0. The molecule has 1 aromatic heterocycles. The number of aryl methyl sites for hydroxylation is 2. The molecule has 2 fully saturated rings. The van der Waals surface area contributed by atoms with Crippen LogP contribution in [0.2, 0.25) is 0 Å². The number of rotatable bonds is 5. The number of piperazine rings is 1. The molecule has 0 spiro atoms. The predicted octanol–water partition coefficient (Wildman–Crippen LogP) is 3.41. The summed E-state index contributed by atoms with van der Waals surface area (Å²) in [6.45, 7) is 9.09. The van der Waals surface area contributed by atoms with Crippen LogP contribution in [-0.4, -0.2) is 77.3 Å². The van der Waals surface area contributed by atoms with Crippen LogP contribution in [0.1, 0.15) is 39.9 Å².